The van der Waals surface area contributed by atoms with Crippen molar-refractivity contribution in [2.75, 3.05) is 0 Å². The average molecular weight is 241 g/mol. The van der Waals surface area contributed by atoms with Gasteiger partial charge in [0.05, 0.1) is 0 Å². The molecule has 0 aliphatic heterocycles. The predicted octanol–water partition coefficient (Wildman–Crippen LogP) is 2.93. The van der Waals surface area contributed by atoms with E-state index in [1.54, 1.807) is 13.8 Å². The van der Waals surface area contributed by atoms with Crippen LogP contribution >= 0.6 is 0 Å². The van der Waals surface area contributed by atoms with Crippen molar-refractivity contribution in [2.24, 2.45) is 0 Å². The SMILES string of the molecule is CC(C)c1nc2cc(C(=O)O)c(F)c(F)c2o1. The fourth-order valence-electron chi connectivity index (χ4n) is 1.42. The third-order valence-corrected chi connectivity index (χ3v) is 2.30. The minimum atomic E-state index is -1.54. The number of rotatable bonds is 2. The van der Waals surface area contributed by atoms with Crippen LogP contribution in [0, 0.1) is 11.6 Å². The van der Waals surface area contributed by atoms with Crippen molar-refractivity contribution in [2.45, 2.75) is 19.8 Å². The Morgan fingerprint density at radius 1 is 1.41 bits per heavy atom. The maximum Gasteiger partial charge on any atom is 0.338 e. The Hall–Kier alpha value is -1.98. The van der Waals surface area contributed by atoms with Gasteiger partial charge in [0, 0.05) is 5.92 Å². The number of nitrogens with zero attached hydrogens (tertiary/aromatic N) is 1. The van der Waals surface area contributed by atoms with Gasteiger partial charge in [-0.2, -0.15) is 4.39 Å². The summed E-state index contributed by atoms with van der Waals surface area (Å²) in [5, 5.41) is 8.70. The lowest BCUT2D eigenvalue weighted by molar-refractivity contribution is 0.0691. The summed E-state index contributed by atoms with van der Waals surface area (Å²) < 4.78 is 31.9. The fourth-order valence-corrected chi connectivity index (χ4v) is 1.42. The number of aromatic carboxylic acids is 1. The van der Waals surface area contributed by atoms with Crippen molar-refractivity contribution in [3.8, 4) is 0 Å². The van der Waals surface area contributed by atoms with E-state index in [9.17, 15) is 13.6 Å². The number of carboxylic acid groups (broad SMARTS) is 1. The second-order valence-corrected chi connectivity index (χ2v) is 3.91. The number of benzene rings is 1. The van der Waals surface area contributed by atoms with Gasteiger partial charge < -0.3 is 9.52 Å². The summed E-state index contributed by atoms with van der Waals surface area (Å²) in [6.45, 7) is 3.55. The van der Waals surface area contributed by atoms with Gasteiger partial charge in [0.1, 0.15) is 11.1 Å². The van der Waals surface area contributed by atoms with Gasteiger partial charge in [-0.3, -0.25) is 0 Å². The zero-order chi connectivity index (χ0) is 12.7. The minimum Gasteiger partial charge on any atom is -0.478 e. The van der Waals surface area contributed by atoms with Gasteiger partial charge in [0.15, 0.2) is 17.3 Å². The maximum atomic E-state index is 13.5. The van der Waals surface area contributed by atoms with E-state index in [1.165, 1.54) is 0 Å². The third-order valence-electron chi connectivity index (χ3n) is 2.30. The van der Waals surface area contributed by atoms with Crippen molar-refractivity contribution >= 4 is 17.1 Å². The molecule has 0 radical (unpaired) electrons. The van der Waals surface area contributed by atoms with E-state index >= 15 is 0 Å². The second kappa shape index (κ2) is 3.80. The molecule has 1 N–H and O–H groups in total. The largest absolute Gasteiger partial charge is 0.478 e. The first-order valence-corrected chi connectivity index (χ1v) is 4.93. The monoisotopic (exact) mass is 241 g/mol. The molecule has 1 aromatic carbocycles. The number of oxazole rings is 1. The zero-order valence-corrected chi connectivity index (χ0v) is 9.12. The lowest BCUT2D eigenvalue weighted by Crippen LogP contribution is -2.02. The van der Waals surface area contributed by atoms with Crippen molar-refractivity contribution in [1.82, 2.24) is 4.98 Å². The van der Waals surface area contributed by atoms with Crippen molar-refractivity contribution in [1.29, 1.82) is 0 Å². The van der Waals surface area contributed by atoms with E-state index in [-0.39, 0.29) is 22.9 Å². The van der Waals surface area contributed by atoms with Crippen LogP contribution in [-0.4, -0.2) is 16.1 Å². The van der Waals surface area contributed by atoms with Crippen LogP contribution in [0.25, 0.3) is 11.1 Å². The molecule has 0 saturated carbocycles. The first-order chi connectivity index (χ1) is 7.91. The molecule has 2 rings (SSSR count). The summed E-state index contributed by atoms with van der Waals surface area (Å²) >= 11 is 0. The Balaban J connectivity index is 2.77. The Bertz CT molecular complexity index is 604. The van der Waals surface area contributed by atoms with Crippen molar-refractivity contribution in [3.05, 3.63) is 29.2 Å². The molecular formula is C11H9F2NO3. The highest BCUT2D eigenvalue weighted by Gasteiger charge is 2.22. The molecule has 0 unspecified atom stereocenters. The predicted molar refractivity (Wildman–Crippen MR) is 55.0 cm³/mol. The van der Waals surface area contributed by atoms with Gasteiger partial charge >= 0.3 is 5.97 Å². The minimum absolute atomic E-state index is 0.00463. The molecule has 0 saturated heterocycles. The summed E-state index contributed by atoms with van der Waals surface area (Å²) in [5.41, 5.74) is -1.10. The molecule has 0 atom stereocenters. The standard InChI is InChI=1S/C11H9F2NO3/c1-4(2)10-14-6-3-5(11(15)16)7(12)8(13)9(6)17-10/h3-4H,1-2H3,(H,15,16). The molecule has 1 heterocycles. The van der Waals surface area contributed by atoms with E-state index in [0.717, 1.165) is 6.07 Å². The van der Waals surface area contributed by atoms with Gasteiger partial charge in [-0.05, 0) is 6.07 Å². The van der Waals surface area contributed by atoms with Gasteiger partial charge in [-0.25, -0.2) is 14.2 Å². The quantitative estimate of drug-likeness (QED) is 0.877. The number of carboxylic acids is 1. The first-order valence-electron chi connectivity index (χ1n) is 4.93. The molecule has 4 nitrogen and oxygen atoms in total. The normalized spacial score (nSPS) is 11.4. The third kappa shape index (κ3) is 1.75. The number of carbonyl (C=O) groups is 1. The molecule has 0 fully saturated rings. The van der Waals surface area contributed by atoms with Crippen LogP contribution in [0.3, 0.4) is 0 Å². The highest BCUT2D eigenvalue weighted by Crippen LogP contribution is 2.27. The molecule has 0 bridgehead atoms. The lowest BCUT2D eigenvalue weighted by Gasteiger charge is -1.98. The van der Waals surface area contributed by atoms with E-state index in [2.05, 4.69) is 4.98 Å². The zero-order valence-electron chi connectivity index (χ0n) is 9.12. The maximum absolute atomic E-state index is 13.5. The molecule has 2 aromatic rings. The Morgan fingerprint density at radius 2 is 2.06 bits per heavy atom. The Kier molecular flexibility index (Phi) is 2.57. The second-order valence-electron chi connectivity index (χ2n) is 3.91. The van der Waals surface area contributed by atoms with E-state index in [4.69, 9.17) is 9.52 Å². The molecule has 0 aliphatic rings. The lowest BCUT2D eigenvalue weighted by atomic mass is 10.2. The van der Waals surface area contributed by atoms with E-state index in [1.807, 2.05) is 0 Å². The molecule has 17 heavy (non-hydrogen) atoms. The van der Waals surface area contributed by atoms with Gasteiger partial charge in [0.25, 0.3) is 0 Å². The molecule has 0 amide bonds. The van der Waals surface area contributed by atoms with Crippen molar-refractivity contribution < 1.29 is 23.1 Å². The molecule has 0 aliphatic carbocycles. The van der Waals surface area contributed by atoms with Crippen LogP contribution in [-0.2, 0) is 0 Å². The molecule has 1 aromatic heterocycles. The van der Waals surface area contributed by atoms with E-state index < -0.39 is 23.2 Å². The van der Waals surface area contributed by atoms with Crippen LogP contribution in [0.1, 0.15) is 36.0 Å². The number of hydrogen-bond acceptors (Lipinski definition) is 3. The smallest absolute Gasteiger partial charge is 0.338 e. The van der Waals surface area contributed by atoms with Crippen LogP contribution in [0.15, 0.2) is 10.5 Å². The summed E-state index contributed by atoms with van der Waals surface area (Å²) in [5.74, 6) is -4.16. The molecule has 90 valence electrons. The number of aromatic nitrogens is 1. The van der Waals surface area contributed by atoms with Crippen LogP contribution in [0.5, 0.6) is 0 Å². The van der Waals surface area contributed by atoms with Gasteiger partial charge in [0.2, 0.25) is 5.82 Å². The first kappa shape index (κ1) is 11.5. The van der Waals surface area contributed by atoms with Gasteiger partial charge in [-0.1, -0.05) is 13.8 Å². The number of fused-ring (bicyclic) bond motifs is 1. The summed E-state index contributed by atoms with van der Waals surface area (Å²) in [6.07, 6.45) is 0. The van der Waals surface area contributed by atoms with Crippen LogP contribution in [0.2, 0.25) is 0 Å². The summed E-state index contributed by atoms with van der Waals surface area (Å²) in [7, 11) is 0. The average Bonchev–Trinajstić information content (AvgIpc) is 2.67. The fraction of sp³-hybridized carbons (Fsp3) is 0.273. The van der Waals surface area contributed by atoms with Gasteiger partial charge in [-0.15, -0.1) is 0 Å². The summed E-state index contributed by atoms with van der Waals surface area (Å²) in [6, 6.07) is 0.964. The molecule has 6 heteroatoms. The highest BCUT2D eigenvalue weighted by molar-refractivity contribution is 5.92. The van der Waals surface area contributed by atoms with Crippen LogP contribution < -0.4 is 0 Å². The Labute approximate surface area is 94.9 Å². The topological polar surface area (TPSA) is 63.3 Å². The highest BCUT2D eigenvalue weighted by atomic mass is 19.2. The molecule has 0 spiro atoms. The number of hydrogen-bond donors (Lipinski definition) is 1. The molecular weight excluding hydrogens is 232 g/mol. The van der Waals surface area contributed by atoms with Crippen LogP contribution in [0.4, 0.5) is 8.78 Å². The Morgan fingerprint density at radius 3 is 2.59 bits per heavy atom. The van der Waals surface area contributed by atoms with E-state index in [0.29, 0.717) is 0 Å². The van der Waals surface area contributed by atoms with Crippen molar-refractivity contribution in [3.63, 3.8) is 0 Å². The summed E-state index contributed by atoms with van der Waals surface area (Å²) in [4.78, 5) is 14.6. The number of halogens is 2.